The molecule has 1 amide bonds. The minimum Gasteiger partial charge on any atom is -0.493 e. The first-order chi connectivity index (χ1) is 14.2. The zero-order valence-electron chi connectivity index (χ0n) is 15.6. The van der Waals surface area contributed by atoms with E-state index in [9.17, 15) is 27.9 Å². The molecule has 5 rings (SSSR count). The number of aromatic nitrogens is 3. The van der Waals surface area contributed by atoms with Crippen LogP contribution in [0.4, 0.5) is 13.2 Å². The molecule has 3 aromatic rings. The molecular weight excluding hydrogens is 405 g/mol. The summed E-state index contributed by atoms with van der Waals surface area (Å²) in [7, 11) is 0. The highest BCUT2D eigenvalue weighted by Gasteiger charge is 2.49. The van der Waals surface area contributed by atoms with Crippen LogP contribution in [0.3, 0.4) is 0 Å². The fourth-order valence-corrected chi connectivity index (χ4v) is 4.34. The van der Waals surface area contributed by atoms with Gasteiger partial charge in [0.25, 0.3) is 5.91 Å². The fraction of sp³-hybridized carbons (Fsp3) is 0.316. The predicted molar refractivity (Wildman–Crippen MR) is 95.4 cm³/mol. The van der Waals surface area contributed by atoms with Crippen molar-refractivity contribution >= 4 is 5.91 Å². The van der Waals surface area contributed by atoms with Gasteiger partial charge in [-0.3, -0.25) is 9.36 Å². The number of alkyl halides is 3. The van der Waals surface area contributed by atoms with Gasteiger partial charge < -0.3 is 14.5 Å². The van der Waals surface area contributed by atoms with Crippen LogP contribution in [-0.2, 0) is 6.18 Å². The molecule has 1 N–H and O–H groups in total. The maximum Gasteiger partial charge on any atom is 0.416 e. The van der Waals surface area contributed by atoms with Gasteiger partial charge in [0.15, 0.2) is 5.69 Å². The van der Waals surface area contributed by atoms with Crippen LogP contribution in [-0.4, -0.2) is 36.7 Å². The lowest BCUT2D eigenvalue weighted by atomic mass is 10.1. The summed E-state index contributed by atoms with van der Waals surface area (Å²) >= 11 is 0. The summed E-state index contributed by atoms with van der Waals surface area (Å²) in [4.78, 5) is 27.2. The summed E-state index contributed by atoms with van der Waals surface area (Å²) in [5, 5.41) is 14.5. The van der Waals surface area contributed by atoms with Gasteiger partial charge in [0.05, 0.1) is 23.3 Å². The minimum absolute atomic E-state index is 0.0985. The Balaban J connectivity index is 1.57. The molecule has 0 spiro atoms. The number of hydrogen-bond donors (Lipinski definition) is 1. The SMILES string of the molecule is Cc1cc(C(=O)N2C[C@@H]3C[C@H]2c2c(O)n(-c4cccc(C(F)(F)F)c4)c(=O)n23)no1. The molecule has 1 aromatic carbocycles. The third-order valence-corrected chi connectivity index (χ3v) is 5.60. The number of aryl methyl sites for hydroxylation is 1. The van der Waals surface area contributed by atoms with Crippen LogP contribution in [0.5, 0.6) is 5.88 Å². The van der Waals surface area contributed by atoms with E-state index in [0.717, 1.165) is 16.7 Å². The van der Waals surface area contributed by atoms with Crippen molar-refractivity contribution < 1.29 is 27.6 Å². The van der Waals surface area contributed by atoms with E-state index < -0.39 is 35.3 Å². The Morgan fingerprint density at radius 2 is 2.07 bits per heavy atom. The van der Waals surface area contributed by atoms with E-state index in [0.29, 0.717) is 12.2 Å². The average Bonchev–Trinajstić information content (AvgIpc) is 3.44. The second kappa shape index (κ2) is 6.00. The molecule has 1 fully saturated rings. The summed E-state index contributed by atoms with van der Waals surface area (Å²) in [6.07, 6.45) is -4.15. The van der Waals surface area contributed by atoms with Crippen LogP contribution in [0.15, 0.2) is 39.6 Å². The van der Waals surface area contributed by atoms with Crippen molar-refractivity contribution in [2.24, 2.45) is 0 Å². The lowest BCUT2D eigenvalue weighted by Crippen LogP contribution is -2.38. The smallest absolute Gasteiger partial charge is 0.416 e. The number of carbonyl (C=O) groups is 1. The van der Waals surface area contributed by atoms with Crippen LogP contribution in [0.25, 0.3) is 5.69 Å². The van der Waals surface area contributed by atoms with Gasteiger partial charge in [-0.25, -0.2) is 9.36 Å². The third-order valence-electron chi connectivity index (χ3n) is 5.60. The summed E-state index contributed by atoms with van der Waals surface area (Å²) in [5.74, 6) is -0.400. The Hall–Kier alpha value is -3.50. The molecule has 0 radical (unpaired) electrons. The lowest BCUT2D eigenvalue weighted by Gasteiger charge is -2.26. The minimum atomic E-state index is -4.59. The Morgan fingerprint density at radius 3 is 2.73 bits per heavy atom. The number of nitrogens with zero attached hydrogens (tertiary/aromatic N) is 4. The van der Waals surface area contributed by atoms with Crippen LogP contribution >= 0.6 is 0 Å². The molecule has 4 heterocycles. The number of carbonyl (C=O) groups excluding carboxylic acids is 1. The Kier molecular flexibility index (Phi) is 3.71. The third kappa shape index (κ3) is 2.50. The van der Waals surface area contributed by atoms with Crippen LogP contribution < -0.4 is 5.69 Å². The van der Waals surface area contributed by atoms with Crippen molar-refractivity contribution in [3.05, 3.63) is 63.5 Å². The van der Waals surface area contributed by atoms with E-state index in [1.807, 2.05) is 0 Å². The lowest BCUT2D eigenvalue weighted by molar-refractivity contribution is -0.137. The molecule has 30 heavy (non-hydrogen) atoms. The van der Waals surface area contributed by atoms with Gasteiger partial charge >= 0.3 is 11.9 Å². The van der Waals surface area contributed by atoms with Crippen LogP contribution in [0.2, 0.25) is 0 Å². The second-order valence-electron chi connectivity index (χ2n) is 7.43. The normalized spacial score (nSPS) is 20.1. The quantitative estimate of drug-likeness (QED) is 0.688. The van der Waals surface area contributed by atoms with Crippen molar-refractivity contribution in [1.29, 1.82) is 0 Å². The first-order valence-corrected chi connectivity index (χ1v) is 9.15. The van der Waals surface area contributed by atoms with Gasteiger partial charge in [-0.05, 0) is 31.5 Å². The average molecular weight is 420 g/mol. The molecule has 8 nitrogen and oxygen atoms in total. The van der Waals surface area contributed by atoms with Gasteiger partial charge in [0.2, 0.25) is 5.88 Å². The van der Waals surface area contributed by atoms with Gasteiger partial charge in [-0.1, -0.05) is 11.2 Å². The maximum absolute atomic E-state index is 13.1. The molecule has 0 saturated carbocycles. The molecule has 1 saturated heterocycles. The Labute approximate surface area is 166 Å². The van der Waals surface area contributed by atoms with Crippen molar-refractivity contribution in [1.82, 2.24) is 19.2 Å². The predicted octanol–water partition coefficient (Wildman–Crippen LogP) is 2.80. The largest absolute Gasteiger partial charge is 0.493 e. The summed E-state index contributed by atoms with van der Waals surface area (Å²) in [6, 6.07) is 4.71. The molecule has 2 aromatic heterocycles. The number of amides is 1. The number of fused-ring (bicyclic) bond motifs is 5. The number of hydrogen-bond acceptors (Lipinski definition) is 5. The van der Waals surface area contributed by atoms with Crippen molar-refractivity contribution in [2.45, 2.75) is 31.6 Å². The number of likely N-dealkylation sites (tertiary alicyclic amines) is 1. The molecule has 2 aliphatic heterocycles. The first kappa shape index (κ1) is 18.5. The second-order valence-corrected chi connectivity index (χ2v) is 7.43. The number of imidazole rings is 1. The van der Waals surface area contributed by atoms with Gasteiger partial charge in [0.1, 0.15) is 11.5 Å². The van der Waals surface area contributed by atoms with E-state index in [1.54, 1.807) is 6.92 Å². The van der Waals surface area contributed by atoms with E-state index in [4.69, 9.17) is 4.52 Å². The highest BCUT2D eigenvalue weighted by atomic mass is 19.4. The number of rotatable bonds is 2. The summed E-state index contributed by atoms with van der Waals surface area (Å²) < 4.78 is 46.4. The topological polar surface area (TPSA) is 93.5 Å². The highest BCUT2D eigenvalue weighted by molar-refractivity contribution is 5.93. The fourth-order valence-electron chi connectivity index (χ4n) is 4.34. The molecule has 2 bridgehead atoms. The van der Waals surface area contributed by atoms with E-state index >= 15 is 0 Å². The summed E-state index contributed by atoms with van der Waals surface area (Å²) in [6.45, 7) is 1.88. The van der Waals surface area contributed by atoms with Crippen molar-refractivity contribution in [3.63, 3.8) is 0 Å². The van der Waals surface area contributed by atoms with Crippen LogP contribution in [0.1, 0.15) is 46.0 Å². The molecule has 156 valence electrons. The van der Waals surface area contributed by atoms with Gasteiger partial charge in [-0.15, -0.1) is 0 Å². The number of benzene rings is 1. The Bertz CT molecular complexity index is 1240. The standard InChI is InChI=1S/C19H15F3N4O4/c1-9-5-13(23-30-9)16(27)24-8-12-7-14(24)15-17(28)26(18(29)25(12)15)11-4-2-3-10(6-11)19(20,21)22/h2-6,12,14,28H,7-8H2,1H3/t12-,14-/m0/s1. The summed E-state index contributed by atoms with van der Waals surface area (Å²) in [5.41, 5.74) is -1.34. The van der Waals surface area contributed by atoms with Gasteiger partial charge in [-0.2, -0.15) is 13.2 Å². The molecule has 0 unspecified atom stereocenters. The first-order valence-electron chi connectivity index (χ1n) is 9.15. The van der Waals surface area contributed by atoms with Crippen LogP contribution in [0, 0.1) is 6.92 Å². The number of aromatic hydroxyl groups is 1. The molecular formula is C19H15F3N4O4. The van der Waals surface area contributed by atoms with Crippen molar-refractivity contribution in [3.8, 4) is 11.6 Å². The van der Waals surface area contributed by atoms with Crippen molar-refractivity contribution in [2.75, 3.05) is 6.54 Å². The van der Waals surface area contributed by atoms with Gasteiger partial charge in [0, 0.05) is 12.6 Å². The maximum atomic E-state index is 13.1. The van der Waals surface area contributed by atoms with E-state index in [-0.39, 0.29) is 29.7 Å². The zero-order chi connectivity index (χ0) is 21.4. The van der Waals surface area contributed by atoms with E-state index in [2.05, 4.69) is 5.16 Å². The monoisotopic (exact) mass is 420 g/mol. The Morgan fingerprint density at radius 1 is 1.30 bits per heavy atom. The molecule has 2 atom stereocenters. The van der Waals surface area contributed by atoms with E-state index in [1.165, 1.54) is 27.7 Å². The molecule has 0 aliphatic carbocycles. The zero-order valence-corrected chi connectivity index (χ0v) is 15.6. The number of halogens is 3. The molecule has 2 aliphatic rings. The molecule has 11 heteroatoms. The highest BCUT2D eigenvalue weighted by Crippen LogP contribution is 2.49.